The molecule has 0 saturated heterocycles. The molecule has 1 aromatic carbocycles. The first kappa shape index (κ1) is 22.0. The molecule has 0 bridgehead atoms. The van der Waals surface area contributed by atoms with Gasteiger partial charge in [0, 0.05) is 25.1 Å². The molecule has 0 aliphatic rings. The molecule has 23 heavy (non-hydrogen) atoms. The maximum absolute atomic E-state index is 11.5. The minimum absolute atomic E-state index is 0. The van der Waals surface area contributed by atoms with Crippen molar-refractivity contribution in [3.63, 3.8) is 0 Å². The van der Waals surface area contributed by atoms with Crippen LogP contribution in [0.15, 0.2) is 33.7 Å². The first-order chi connectivity index (χ1) is 10.5. The molecule has 130 valence electrons. The zero-order chi connectivity index (χ0) is 16.4. The lowest BCUT2D eigenvalue weighted by Crippen LogP contribution is -2.40. The summed E-state index contributed by atoms with van der Waals surface area (Å²) in [7, 11) is 3.42. The number of likely N-dealkylation sites (N-methyl/N-ethyl adjacent to an activating group) is 1. The van der Waals surface area contributed by atoms with Gasteiger partial charge in [-0.15, -0.1) is 24.0 Å². The Kier molecular flexibility index (Phi) is 11.8. The van der Waals surface area contributed by atoms with Gasteiger partial charge in [0.15, 0.2) is 5.96 Å². The fourth-order valence-electron chi connectivity index (χ4n) is 1.52. The standard InChI is InChI=1S/C15H23BrN4O2.HI/c1-4-17-15(19-11-14(21)20(2)3)18-8-9-22-13-7-5-6-12(16)10-13;/h5-7,10H,4,8-9,11H2,1-3H3,(H2,17,18,19);1H. The quantitative estimate of drug-likeness (QED) is 0.261. The van der Waals surface area contributed by atoms with E-state index < -0.39 is 0 Å². The highest BCUT2D eigenvalue weighted by Crippen LogP contribution is 2.17. The first-order valence-electron chi connectivity index (χ1n) is 7.13. The summed E-state index contributed by atoms with van der Waals surface area (Å²) in [5, 5.41) is 6.22. The lowest BCUT2D eigenvalue weighted by molar-refractivity contribution is -0.127. The SMILES string of the molecule is CCNC(=NCC(=O)N(C)C)NCCOc1cccc(Br)c1.I. The number of hydrogen-bond acceptors (Lipinski definition) is 3. The Morgan fingerprint density at radius 2 is 2.09 bits per heavy atom. The third kappa shape index (κ3) is 9.65. The van der Waals surface area contributed by atoms with Crippen molar-refractivity contribution >= 4 is 51.8 Å². The van der Waals surface area contributed by atoms with Crippen molar-refractivity contribution in [2.45, 2.75) is 6.92 Å². The van der Waals surface area contributed by atoms with Gasteiger partial charge in [0.1, 0.15) is 18.9 Å². The predicted molar refractivity (Wildman–Crippen MR) is 108 cm³/mol. The molecule has 8 heteroatoms. The topological polar surface area (TPSA) is 66.0 Å². The largest absolute Gasteiger partial charge is 0.492 e. The molecule has 1 aromatic rings. The summed E-state index contributed by atoms with van der Waals surface area (Å²) < 4.78 is 6.61. The van der Waals surface area contributed by atoms with Crippen molar-refractivity contribution < 1.29 is 9.53 Å². The lowest BCUT2D eigenvalue weighted by atomic mass is 10.3. The molecule has 2 N–H and O–H groups in total. The second-order valence-corrected chi connectivity index (χ2v) is 5.63. The van der Waals surface area contributed by atoms with E-state index in [-0.39, 0.29) is 36.4 Å². The average Bonchev–Trinajstić information content (AvgIpc) is 2.48. The molecule has 1 rings (SSSR count). The van der Waals surface area contributed by atoms with Gasteiger partial charge < -0.3 is 20.3 Å². The Balaban J connectivity index is 0.00000484. The number of carbonyl (C=O) groups excluding carboxylic acids is 1. The van der Waals surface area contributed by atoms with Gasteiger partial charge in [-0.05, 0) is 25.1 Å². The maximum atomic E-state index is 11.5. The number of ether oxygens (including phenoxy) is 1. The van der Waals surface area contributed by atoms with Gasteiger partial charge in [0.25, 0.3) is 0 Å². The second kappa shape index (κ2) is 12.4. The molecule has 0 aliphatic heterocycles. The van der Waals surface area contributed by atoms with E-state index in [4.69, 9.17) is 4.74 Å². The Labute approximate surface area is 163 Å². The molecule has 0 aromatic heterocycles. The van der Waals surface area contributed by atoms with Crippen LogP contribution in [0, 0.1) is 0 Å². The van der Waals surface area contributed by atoms with E-state index in [9.17, 15) is 4.79 Å². The number of nitrogens with one attached hydrogen (secondary N) is 2. The zero-order valence-corrected chi connectivity index (χ0v) is 17.6. The molecule has 0 spiro atoms. The highest BCUT2D eigenvalue weighted by atomic mass is 127. The smallest absolute Gasteiger partial charge is 0.243 e. The van der Waals surface area contributed by atoms with E-state index in [1.165, 1.54) is 4.90 Å². The van der Waals surface area contributed by atoms with Crippen molar-refractivity contribution in [2.24, 2.45) is 4.99 Å². The highest BCUT2D eigenvalue weighted by Gasteiger charge is 2.03. The lowest BCUT2D eigenvalue weighted by Gasteiger charge is -2.13. The molecule has 1 amide bonds. The third-order valence-corrected chi connectivity index (χ3v) is 3.17. The summed E-state index contributed by atoms with van der Waals surface area (Å²) in [6, 6.07) is 7.68. The number of guanidine groups is 1. The monoisotopic (exact) mass is 498 g/mol. The summed E-state index contributed by atoms with van der Waals surface area (Å²) in [5.74, 6) is 1.37. The molecule has 0 radical (unpaired) electrons. The number of benzene rings is 1. The van der Waals surface area contributed by atoms with Crippen LogP contribution in [-0.2, 0) is 4.79 Å². The summed E-state index contributed by atoms with van der Waals surface area (Å²) in [4.78, 5) is 17.3. The molecule has 0 heterocycles. The van der Waals surface area contributed by atoms with Crippen LogP contribution < -0.4 is 15.4 Å². The van der Waals surface area contributed by atoms with Gasteiger partial charge in [-0.2, -0.15) is 0 Å². The Morgan fingerprint density at radius 3 is 2.70 bits per heavy atom. The van der Waals surface area contributed by atoms with Crippen LogP contribution in [-0.4, -0.2) is 57.1 Å². The van der Waals surface area contributed by atoms with Crippen molar-refractivity contribution in [1.82, 2.24) is 15.5 Å². The second-order valence-electron chi connectivity index (χ2n) is 4.72. The van der Waals surface area contributed by atoms with E-state index in [1.54, 1.807) is 14.1 Å². The third-order valence-electron chi connectivity index (χ3n) is 2.67. The van der Waals surface area contributed by atoms with Crippen LogP contribution in [0.1, 0.15) is 6.92 Å². The molecule has 0 atom stereocenters. The number of amides is 1. The van der Waals surface area contributed by atoms with Crippen LogP contribution in [0.25, 0.3) is 0 Å². The number of nitrogens with zero attached hydrogens (tertiary/aromatic N) is 2. The van der Waals surface area contributed by atoms with Gasteiger partial charge in [0.2, 0.25) is 5.91 Å². The minimum Gasteiger partial charge on any atom is -0.492 e. The molecule has 0 unspecified atom stereocenters. The van der Waals surface area contributed by atoms with Crippen molar-refractivity contribution in [1.29, 1.82) is 0 Å². The number of carbonyl (C=O) groups is 1. The number of halogens is 2. The molecule has 0 aliphatic carbocycles. The van der Waals surface area contributed by atoms with Gasteiger partial charge in [-0.25, -0.2) is 4.99 Å². The fraction of sp³-hybridized carbons (Fsp3) is 0.467. The number of rotatable bonds is 7. The minimum atomic E-state index is -0.0393. The summed E-state index contributed by atoms with van der Waals surface area (Å²) in [6.45, 7) is 3.92. The van der Waals surface area contributed by atoms with Crippen molar-refractivity contribution in [2.75, 3.05) is 40.3 Å². The Bertz CT molecular complexity index is 512. The normalized spacial score (nSPS) is 10.5. The van der Waals surface area contributed by atoms with Crippen LogP contribution in [0.4, 0.5) is 0 Å². The molecule has 0 fully saturated rings. The Morgan fingerprint density at radius 1 is 1.35 bits per heavy atom. The van der Waals surface area contributed by atoms with Gasteiger partial charge in [0.05, 0.1) is 6.54 Å². The fourth-order valence-corrected chi connectivity index (χ4v) is 1.90. The van der Waals surface area contributed by atoms with E-state index in [0.717, 1.165) is 16.8 Å². The highest BCUT2D eigenvalue weighted by molar-refractivity contribution is 14.0. The summed E-state index contributed by atoms with van der Waals surface area (Å²) in [6.07, 6.45) is 0. The van der Waals surface area contributed by atoms with Gasteiger partial charge in [-0.3, -0.25) is 4.79 Å². The van der Waals surface area contributed by atoms with Crippen molar-refractivity contribution in [3.8, 4) is 5.75 Å². The Hall–Kier alpha value is -1.03. The van der Waals surface area contributed by atoms with E-state index in [2.05, 4.69) is 31.6 Å². The van der Waals surface area contributed by atoms with Crippen LogP contribution in [0.5, 0.6) is 5.75 Å². The van der Waals surface area contributed by atoms with Crippen LogP contribution in [0.2, 0.25) is 0 Å². The van der Waals surface area contributed by atoms with E-state index >= 15 is 0 Å². The molecule has 6 nitrogen and oxygen atoms in total. The van der Waals surface area contributed by atoms with Gasteiger partial charge in [-0.1, -0.05) is 22.0 Å². The molecular weight excluding hydrogens is 475 g/mol. The number of hydrogen-bond donors (Lipinski definition) is 2. The van der Waals surface area contributed by atoms with E-state index in [1.807, 2.05) is 31.2 Å². The molecular formula is C15H24BrIN4O2. The maximum Gasteiger partial charge on any atom is 0.243 e. The van der Waals surface area contributed by atoms with Crippen LogP contribution in [0.3, 0.4) is 0 Å². The van der Waals surface area contributed by atoms with Gasteiger partial charge >= 0.3 is 0 Å². The summed E-state index contributed by atoms with van der Waals surface area (Å²) >= 11 is 3.40. The predicted octanol–water partition coefficient (Wildman–Crippen LogP) is 2.09. The average molecular weight is 499 g/mol. The zero-order valence-electron chi connectivity index (χ0n) is 13.6. The molecule has 0 saturated carbocycles. The van der Waals surface area contributed by atoms with E-state index in [0.29, 0.717) is 19.1 Å². The first-order valence-corrected chi connectivity index (χ1v) is 7.93. The summed E-state index contributed by atoms with van der Waals surface area (Å²) in [5.41, 5.74) is 0. The number of aliphatic imine (C=N–C) groups is 1. The van der Waals surface area contributed by atoms with Crippen LogP contribution >= 0.6 is 39.9 Å². The van der Waals surface area contributed by atoms with Crippen molar-refractivity contribution in [3.05, 3.63) is 28.7 Å².